The number of carbonyl (C=O) groups is 2. The molecule has 0 fully saturated rings. The second-order valence-electron chi connectivity index (χ2n) is 6.10. The fourth-order valence-corrected chi connectivity index (χ4v) is 2.73. The molecule has 3 aromatic rings. The van der Waals surface area contributed by atoms with Crippen LogP contribution in [0, 0.1) is 6.92 Å². The monoisotopic (exact) mass is 394 g/mol. The molecule has 0 radical (unpaired) electrons. The molecule has 142 valence electrons. The standard InChI is InChI=1S/C22H19ClN2O3/c1-15-11-12-18(28-15)13-20(25-21(26)16-7-3-2-4-8-16)22(27)24-14-17-9-5-6-10-19(17)23/h2-13H,14H2,1H3,(H,24,27)(H,25,26)/b20-13+. The van der Waals surface area contributed by atoms with Crippen LogP contribution in [0.2, 0.25) is 5.02 Å². The topological polar surface area (TPSA) is 71.3 Å². The van der Waals surface area contributed by atoms with Gasteiger partial charge in [-0.3, -0.25) is 9.59 Å². The summed E-state index contributed by atoms with van der Waals surface area (Å²) in [6, 6.07) is 19.4. The van der Waals surface area contributed by atoms with E-state index in [1.54, 1.807) is 49.4 Å². The first-order chi connectivity index (χ1) is 13.5. The van der Waals surface area contributed by atoms with Gasteiger partial charge in [-0.1, -0.05) is 48.0 Å². The van der Waals surface area contributed by atoms with Crippen molar-refractivity contribution in [2.45, 2.75) is 13.5 Å². The van der Waals surface area contributed by atoms with Gasteiger partial charge in [-0.15, -0.1) is 0 Å². The van der Waals surface area contributed by atoms with Gasteiger partial charge in [0.05, 0.1) is 0 Å². The summed E-state index contributed by atoms with van der Waals surface area (Å²) in [6.45, 7) is 2.03. The summed E-state index contributed by atoms with van der Waals surface area (Å²) in [5, 5.41) is 5.99. The molecular formula is C22H19ClN2O3. The van der Waals surface area contributed by atoms with Crippen LogP contribution in [0.1, 0.15) is 27.4 Å². The lowest BCUT2D eigenvalue weighted by Gasteiger charge is -2.11. The highest BCUT2D eigenvalue weighted by atomic mass is 35.5. The number of nitrogens with one attached hydrogen (secondary N) is 2. The minimum absolute atomic E-state index is 0.0789. The van der Waals surface area contributed by atoms with Gasteiger partial charge in [0.1, 0.15) is 17.2 Å². The van der Waals surface area contributed by atoms with Crippen molar-refractivity contribution in [3.8, 4) is 0 Å². The Morgan fingerprint density at radius 1 is 1.00 bits per heavy atom. The van der Waals surface area contributed by atoms with E-state index in [4.69, 9.17) is 16.0 Å². The SMILES string of the molecule is Cc1ccc(/C=C(/NC(=O)c2ccccc2)C(=O)NCc2ccccc2Cl)o1. The van der Waals surface area contributed by atoms with Crippen LogP contribution in [0.5, 0.6) is 0 Å². The lowest BCUT2D eigenvalue weighted by molar-refractivity contribution is -0.117. The van der Waals surface area contributed by atoms with Crippen LogP contribution >= 0.6 is 11.6 Å². The second-order valence-corrected chi connectivity index (χ2v) is 6.51. The van der Waals surface area contributed by atoms with E-state index in [-0.39, 0.29) is 18.1 Å². The summed E-state index contributed by atoms with van der Waals surface area (Å²) in [5.41, 5.74) is 1.30. The molecule has 2 amide bonds. The maximum atomic E-state index is 12.7. The first-order valence-electron chi connectivity index (χ1n) is 8.69. The predicted octanol–water partition coefficient (Wildman–Crippen LogP) is 4.33. The Morgan fingerprint density at radius 3 is 2.39 bits per heavy atom. The predicted molar refractivity (Wildman–Crippen MR) is 109 cm³/mol. The third-order valence-electron chi connectivity index (χ3n) is 3.97. The van der Waals surface area contributed by atoms with Crippen LogP contribution in [0.3, 0.4) is 0 Å². The zero-order chi connectivity index (χ0) is 19.9. The number of halogens is 1. The molecule has 0 bridgehead atoms. The molecule has 0 saturated heterocycles. The average Bonchev–Trinajstić information content (AvgIpc) is 3.12. The highest BCUT2D eigenvalue weighted by Crippen LogP contribution is 2.15. The van der Waals surface area contributed by atoms with Gasteiger partial charge in [0.2, 0.25) is 0 Å². The van der Waals surface area contributed by atoms with Crippen molar-refractivity contribution in [2.75, 3.05) is 0 Å². The molecule has 0 aliphatic heterocycles. The molecule has 5 nitrogen and oxygen atoms in total. The summed E-state index contributed by atoms with van der Waals surface area (Å²) >= 11 is 6.13. The third-order valence-corrected chi connectivity index (χ3v) is 4.34. The molecule has 2 N–H and O–H groups in total. The van der Waals surface area contributed by atoms with Crippen molar-refractivity contribution in [1.29, 1.82) is 0 Å². The lowest BCUT2D eigenvalue weighted by atomic mass is 10.2. The second kappa shape index (κ2) is 9.06. The summed E-state index contributed by atoms with van der Waals surface area (Å²) in [6.07, 6.45) is 1.50. The molecule has 0 aliphatic rings. The number of hydrogen-bond donors (Lipinski definition) is 2. The largest absolute Gasteiger partial charge is 0.462 e. The maximum absolute atomic E-state index is 12.7. The quantitative estimate of drug-likeness (QED) is 0.611. The van der Waals surface area contributed by atoms with E-state index < -0.39 is 5.91 Å². The zero-order valence-electron chi connectivity index (χ0n) is 15.2. The highest BCUT2D eigenvalue weighted by molar-refractivity contribution is 6.31. The van der Waals surface area contributed by atoms with E-state index in [2.05, 4.69) is 10.6 Å². The van der Waals surface area contributed by atoms with Crippen LogP contribution < -0.4 is 10.6 Å². The number of amides is 2. The van der Waals surface area contributed by atoms with Crippen molar-refractivity contribution in [3.63, 3.8) is 0 Å². The van der Waals surface area contributed by atoms with Gasteiger partial charge >= 0.3 is 0 Å². The van der Waals surface area contributed by atoms with Gasteiger partial charge in [-0.2, -0.15) is 0 Å². The van der Waals surface area contributed by atoms with E-state index in [0.717, 1.165) is 5.56 Å². The van der Waals surface area contributed by atoms with E-state index in [9.17, 15) is 9.59 Å². The summed E-state index contributed by atoms with van der Waals surface area (Å²) < 4.78 is 5.50. The molecule has 1 aromatic heterocycles. The van der Waals surface area contributed by atoms with Gasteiger partial charge in [0, 0.05) is 23.2 Å². The van der Waals surface area contributed by atoms with Gasteiger partial charge in [-0.05, 0) is 42.8 Å². The Labute approximate surface area is 168 Å². The van der Waals surface area contributed by atoms with Gasteiger partial charge in [0.15, 0.2) is 0 Å². The molecule has 2 aromatic carbocycles. The molecule has 28 heavy (non-hydrogen) atoms. The molecular weight excluding hydrogens is 376 g/mol. The van der Waals surface area contributed by atoms with Gasteiger partial charge in [-0.25, -0.2) is 0 Å². The van der Waals surface area contributed by atoms with E-state index in [1.165, 1.54) is 6.08 Å². The lowest BCUT2D eigenvalue weighted by Crippen LogP contribution is -2.34. The van der Waals surface area contributed by atoms with Crippen molar-refractivity contribution in [2.24, 2.45) is 0 Å². The molecule has 0 unspecified atom stereocenters. The van der Waals surface area contributed by atoms with Gasteiger partial charge in [0.25, 0.3) is 11.8 Å². The number of carbonyl (C=O) groups excluding carboxylic acids is 2. The Bertz CT molecular complexity index is 1010. The molecule has 0 saturated carbocycles. The minimum Gasteiger partial charge on any atom is -0.462 e. The third kappa shape index (κ3) is 5.11. The van der Waals surface area contributed by atoms with Crippen LogP contribution in [-0.2, 0) is 11.3 Å². The van der Waals surface area contributed by atoms with Crippen molar-refractivity contribution >= 4 is 29.5 Å². The fourth-order valence-electron chi connectivity index (χ4n) is 2.53. The summed E-state index contributed by atoms with van der Waals surface area (Å²) in [7, 11) is 0. The molecule has 6 heteroatoms. The van der Waals surface area contributed by atoms with Crippen LogP contribution in [0.4, 0.5) is 0 Å². The number of benzene rings is 2. The maximum Gasteiger partial charge on any atom is 0.268 e. The Balaban J connectivity index is 1.79. The summed E-state index contributed by atoms with van der Waals surface area (Å²) in [5.74, 6) is 0.339. The van der Waals surface area contributed by atoms with Crippen molar-refractivity contribution < 1.29 is 14.0 Å². The molecule has 0 spiro atoms. The van der Waals surface area contributed by atoms with Crippen LogP contribution in [0.15, 0.2) is 76.8 Å². The summed E-state index contributed by atoms with van der Waals surface area (Å²) in [4.78, 5) is 25.2. The fraction of sp³-hybridized carbons (Fsp3) is 0.0909. The first kappa shape index (κ1) is 19.5. The van der Waals surface area contributed by atoms with Crippen molar-refractivity contribution in [1.82, 2.24) is 10.6 Å². The number of furan rings is 1. The van der Waals surface area contributed by atoms with Crippen molar-refractivity contribution in [3.05, 3.63) is 100 Å². The van der Waals surface area contributed by atoms with Crippen LogP contribution in [-0.4, -0.2) is 11.8 Å². The van der Waals surface area contributed by atoms with E-state index in [0.29, 0.717) is 22.1 Å². The Morgan fingerprint density at radius 2 is 1.71 bits per heavy atom. The molecule has 0 atom stereocenters. The number of rotatable bonds is 6. The Hall–Kier alpha value is -3.31. The highest BCUT2D eigenvalue weighted by Gasteiger charge is 2.15. The van der Waals surface area contributed by atoms with E-state index in [1.807, 2.05) is 24.3 Å². The molecule has 0 aliphatic carbocycles. The minimum atomic E-state index is -0.446. The molecule has 3 rings (SSSR count). The smallest absolute Gasteiger partial charge is 0.268 e. The molecule has 1 heterocycles. The first-order valence-corrected chi connectivity index (χ1v) is 9.07. The Kier molecular flexibility index (Phi) is 6.29. The number of aryl methyl sites for hydroxylation is 1. The number of hydrogen-bond acceptors (Lipinski definition) is 3. The average molecular weight is 395 g/mol. The van der Waals surface area contributed by atoms with E-state index >= 15 is 0 Å². The zero-order valence-corrected chi connectivity index (χ0v) is 16.0. The normalized spacial score (nSPS) is 11.1. The van der Waals surface area contributed by atoms with Crippen LogP contribution in [0.25, 0.3) is 6.08 Å². The van der Waals surface area contributed by atoms with Gasteiger partial charge < -0.3 is 15.1 Å².